The summed E-state index contributed by atoms with van der Waals surface area (Å²) in [5, 5.41) is 0. The third kappa shape index (κ3) is 3.33. The van der Waals surface area contributed by atoms with Crippen molar-refractivity contribution >= 4 is 37.8 Å². The molecule has 1 saturated heterocycles. The number of carbonyl (C=O) groups excluding carboxylic acids is 1. The van der Waals surface area contributed by atoms with E-state index in [0.717, 1.165) is 34.9 Å². The highest BCUT2D eigenvalue weighted by Gasteiger charge is 2.23. The highest BCUT2D eigenvalue weighted by Crippen LogP contribution is 2.22. The maximum Gasteiger partial charge on any atom is 0.253 e. The molecular formula is C13H15Br2NO2. The fourth-order valence-corrected chi connectivity index (χ4v) is 3.45. The van der Waals surface area contributed by atoms with Crippen LogP contribution in [0.1, 0.15) is 23.2 Å². The molecule has 1 amide bonds. The molecule has 2 rings (SSSR count). The zero-order valence-corrected chi connectivity index (χ0v) is 13.3. The van der Waals surface area contributed by atoms with E-state index >= 15 is 0 Å². The van der Waals surface area contributed by atoms with Crippen LogP contribution in [0.3, 0.4) is 0 Å². The van der Waals surface area contributed by atoms with Gasteiger partial charge in [-0.15, -0.1) is 0 Å². The first-order valence-corrected chi connectivity index (χ1v) is 7.47. The lowest BCUT2D eigenvalue weighted by Gasteiger charge is -2.31. The van der Waals surface area contributed by atoms with Crippen molar-refractivity contribution < 1.29 is 9.53 Å². The van der Waals surface area contributed by atoms with E-state index in [1.165, 1.54) is 0 Å². The molecule has 1 fully saturated rings. The molecule has 1 aromatic carbocycles. The SMILES string of the molecule is COC1CCN(C(=O)c2cc(Br)cc(Br)c2)CC1. The first kappa shape index (κ1) is 14.0. The molecule has 5 heteroatoms. The summed E-state index contributed by atoms with van der Waals surface area (Å²) in [6, 6.07) is 5.64. The standard InChI is InChI=1S/C13H15Br2NO2/c1-18-12-2-4-16(5-3-12)13(17)9-6-10(14)8-11(15)7-9/h6-8,12H,2-5H2,1H3. The Labute approximate surface area is 124 Å². The number of piperidine rings is 1. The molecule has 3 nitrogen and oxygen atoms in total. The first-order valence-electron chi connectivity index (χ1n) is 5.88. The molecule has 0 unspecified atom stereocenters. The van der Waals surface area contributed by atoms with E-state index in [2.05, 4.69) is 31.9 Å². The first-order chi connectivity index (χ1) is 8.60. The molecule has 0 spiro atoms. The highest BCUT2D eigenvalue weighted by atomic mass is 79.9. The summed E-state index contributed by atoms with van der Waals surface area (Å²) in [5.41, 5.74) is 0.715. The summed E-state index contributed by atoms with van der Waals surface area (Å²) in [4.78, 5) is 14.2. The van der Waals surface area contributed by atoms with Gasteiger partial charge in [-0.1, -0.05) is 31.9 Å². The molecule has 1 aromatic rings. The monoisotopic (exact) mass is 375 g/mol. The van der Waals surface area contributed by atoms with Crippen LogP contribution in [0.25, 0.3) is 0 Å². The number of rotatable bonds is 2. The van der Waals surface area contributed by atoms with Gasteiger partial charge in [0.1, 0.15) is 0 Å². The predicted octanol–water partition coefficient (Wildman–Crippen LogP) is 3.46. The van der Waals surface area contributed by atoms with Gasteiger partial charge in [-0.2, -0.15) is 0 Å². The Balaban J connectivity index is 2.07. The van der Waals surface area contributed by atoms with Crippen molar-refractivity contribution in [1.29, 1.82) is 0 Å². The average molecular weight is 377 g/mol. The van der Waals surface area contributed by atoms with Crippen LogP contribution in [0.15, 0.2) is 27.1 Å². The van der Waals surface area contributed by atoms with Crippen LogP contribution in [0, 0.1) is 0 Å². The zero-order valence-electron chi connectivity index (χ0n) is 10.2. The molecule has 98 valence electrons. The van der Waals surface area contributed by atoms with Crippen molar-refractivity contribution in [3.05, 3.63) is 32.7 Å². The number of halogens is 2. The Morgan fingerprint density at radius 3 is 2.28 bits per heavy atom. The molecule has 0 saturated carbocycles. The third-order valence-corrected chi connectivity index (χ3v) is 4.09. The van der Waals surface area contributed by atoms with E-state index in [4.69, 9.17) is 4.74 Å². The van der Waals surface area contributed by atoms with Gasteiger partial charge in [-0.25, -0.2) is 0 Å². The van der Waals surface area contributed by atoms with Crippen LogP contribution in [0.4, 0.5) is 0 Å². The summed E-state index contributed by atoms with van der Waals surface area (Å²) < 4.78 is 7.13. The van der Waals surface area contributed by atoms with Crippen molar-refractivity contribution in [2.24, 2.45) is 0 Å². The second-order valence-corrected chi connectivity index (χ2v) is 6.22. The van der Waals surface area contributed by atoms with Crippen LogP contribution in [0.2, 0.25) is 0 Å². The van der Waals surface area contributed by atoms with Gasteiger partial charge in [0.05, 0.1) is 6.10 Å². The maximum absolute atomic E-state index is 12.3. The van der Waals surface area contributed by atoms with Gasteiger partial charge in [-0.3, -0.25) is 4.79 Å². The molecule has 0 N–H and O–H groups in total. The number of hydrogen-bond acceptors (Lipinski definition) is 2. The van der Waals surface area contributed by atoms with E-state index in [1.54, 1.807) is 7.11 Å². The smallest absolute Gasteiger partial charge is 0.253 e. The Kier molecular flexibility index (Phi) is 4.81. The maximum atomic E-state index is 12.3. The highest BCUT2D eigenvalue weighted by molar-refractivity contribution is 9.11. The summed E-state index contributed by atoms with van der Waals surface area (Å²) in [6.45, 7) is 1.53. The van der Waals surface area contributed by atoms with Crippen molar-refractivity contribution in [3.63, 3.8) is 0 Å². The van der Waals surface area contributed by atoms with Gasteiger partial charge in [0.2, 0.25) is 0 Å². The molecule has 0 aliphatic carbocycles. The fraction of sp³-hybridized carbons (Fsp3) is 0.462. The molecule has 1 aliphatic rings. The van der Waals surface area contributed by atoms with Gasteiger partial charge in [0.25, 0.3) is 5.91 Å². The molecule has 1 heterocycles. The van der Waals surface area contributed by atoms with Crippen molar-refractivity contribution in [2.45, 2.75) is 18.9 Å². The van der Waals surface area contributed by atoms with Crippen LogP contribution in [-0.2, 0) is 4.74 Å². The van der Waals surface area contributed by atoms with E-state index in [1.807, 2.05) is 23.1 Å². The number of amides is 1. The molecule has 0 bridgehead atoms. The fourth-order valence-electron chi connectivity index (χ4n) is 2.15. The molecule has 1 aliphatic heterocycles. The van der Waals surface area contributed by atoms with Gasteiger partial charge >= 0.3 is 0 Å². The average Bonchev–Trinajstić information content (AvgIpc) is 2.37. The van der Waals surface area contributed by atoms with Crippen molar-refractivity contribution in [3.8, 4) is 0 Å². The summed E-state index contributed by atoms with van der Waals surface area (Å²) in [6.07, 6.45) is 2.12. The van der Waals surface area contributed by atoms with Crippen LogP contribution in [0.5, 0.6) is 0 Å². The number of benzene rings is 1. The van der Waals surface area contributed by atoms with Crippen LogP contribution < -0.4 is 0 Å². The zero-order chi connectivity index (χ0) is 13.1. The Bertz CT molecular complexity index is 422. The quantitative estimate of drug-likeness (QED) is 0.790. The number of likely N-dealkylation sites (tertiary alicyclic amines) is 1. The third-order valence-electron chi connectivity index (χ3n) is 3.17. The van der Waals surface area contributed by atoms with Gasteiger partial charge in [-0.05, 0) is 31.0 Å². The second-order valence-electron chi connectivity index (χ2n) is 4.39. The van der Waals surface area contributed by atoms with E-state index in [-0.39, 0.29) is 5.91 Å². The number of ether oxygens (including phenoxy) is 1. The number of methoxy groups -OCH3 is 1. The Morgan fingerprint density at radius 2 is 1.78 bits per heavy atom. The van der Waals surface area contributed by atoms with Crippen LogP contribution in [-0.4, -0.2) is 37.1 Å². The van der Waals surface area contributed by atoms with Crippen molar-refractivity contribution in [1.82, 2.24) is 4.90 Å². The lowest BCUT2D eigenvalue weighted by Crippen LogP contribution is -2.40. The lowest BCUT2D eigenvalue weighted by atomic mass is 10.1. The largest absolute Gasteiger partial charge is 0.381 e. The topological polar surface area (TPSA) is 29.5 Å². The molecule has 18 heavy (non-hydrogen) atoms. The molecule has 0 aromatic heterocycles. The van der Waals surface area contributed by atoms with Gasteiger partial charge < -0.3 is 9.64 Å². The normalized spacial score (nSPS) is 16.9. The van der Waals surface area contributed by atoms with Crippen LogP contribution >= 0.6 is 31.9 Å². The summed E-state index contributed by atoms with van der Waals surface area (Å²) in [7, 11) is 1.73. The number of nitrogens with zero attached hydrogens (tertiary/aromatic N) is 1. The van der Waals surface area contributed by atoms with Crippen molar-refractivity contribution in [2.75, 3.05) is 20.2 Å². The van der Waals surface area contributed by atoms with Gasteiger partial charge in [0.15, 0.2) is 0 Å². The molecule has 0 atom stereocenters. The minimum Gasteiger partial charge on any atom is -0.381 e. The van der Waals surface area contributed by atoms with E-state index in [0.29, 0.717) is 11.7 Å². The molecule has 0 radical (unpaired) electrons. The lowest BCUT2D eigenvalue weighted by molar-refractivity contribution is 0.0350. The number of carbonyl (C=O) groups is 1. The Hall–Kier alpha value is -0.390. The summed E-state index contributed by atoms with van der Waals surface area (Å²) in [5.74, 6) is 0.0894. The molecular weight excluding hydrogens is 362 g/mol. The number of hydrogen-bond donors (Lipinski definition) is 0. The summed E-state index contributed by atoms with van der Waals surface area (Å²) >= 11 is 6.81. The predicted molar refractivity (Wildman–Crippen MR) is 77.8 cm³/mol. The second kappa shape index (κ2) is 6.17. The van der Waals surface area contributed by atoms with E-state index < -0.39 is 0 Å². The van der Waals surface area contributed by atoms with Gasteiger partial charge in [0, 0.05) is 34.7 Å². The Morgan fingerprint density at radius 1 is 1.22 bits per heavy atom. The van der Waals surface area contributed by atoms with E-state index in [9.17, 15) is 4.79 Å². The minimum absolute atomic E-state index is 0.0894. The minimum atomic E-state index is 0.0894.